The number of pyridine rings is 1. The highest BCUT2D eigenvalue weighted by Gasteiger charge is 2.26. The molecule has 0 N–H and O–H groups in total. The number of nitrogens with zero attached hydrogens (tertiary/aromatic N) is 4. The third-order valence-corrected chi connectivity index (χ3v) is 5.46. The molecule has 3 rings (SSSR count). The Morgan fingerprint density at radius 3 is 2.17 bits per heavy atom. The van der Waals surface area contributed by atoms with Gasteiger partial charge in [-0.15, -0.1) is 0 Å². The molecule has 0 atom stereocenters. The van der Waals surface area contributed by atoms with E-state index in [9.17, 15) is 14.4 Å². The van der Waals surface area contributed by atoms with Crippen LogP contribution in [0.15, 0.2) is 36.4 Å². The van der Waals surface area contributed by atoms with Gasteiger partial charge in [0, 0.05) is 40.3 Å². The van der Waals surface area contributed by atoms with Crippen molar-refractivity contribution in [2.75, 3.05) is 40.3 Å². The molecule has 3 amide bonds. The minimum absolute atomic E-state index is 0.0841. The Morgan fingerprint density at radius 1 is 0.933 bits per heavy atom. The fourth-order valence-electron chi connectivity index (χ4n) is 3.55. The van der Waals surface area contributed by atoms with E-state index in [1.807, 2.05) is 36.1 Å². The van der Waals surface area contributed by atoms with Crippen LogP contribution in [0.2, 0.25) is 0 Å². The van der Waals surface area contributed by atoms with Crippen molar-refractivity contribution in [3.8, 4) is 0 Å². The molecule has 1 fully saturated rings. The SMILES string of the molecule is Cc1ccccc1CC(=O)N1CCN(C(=O)c2ccc(C(=O)N(C)C)nc2C)CC1. The summed E-state index contributed by atoms with van der Waals surface area (Å²) < 4.78 is 0. The fourth-order valence-corrected chi connectivity index (χ4v) is 3.55. The van der Waals surface area contributed by atoms with Gasteiger partial charge < -0.3 is 14.7 Å². The van der Waals surface area contributed by atoms with Crippen LogP contribution in [0, 0.1) is 13.8 Å². The molecule has 0 saturated carbocycles. The molecule has 0 bridgehead atoms. The summed E-state index contributed by atoms with van der Waals surface area (Å²) >= 11 is 0. The first-order valence-corrected chi connectivity index (χ1v) is 10.1. The summed E-state index contributed by atoms with van der Waals surface area (Å²) in [5.74, 6) is -0.228. The molecule has 0 unspecified atom stereocenters. The van der Waals surface area contributed by atoms with E-state index in [-0.39, 0.29) is 17.7 Å². The van der Waals surface area contributed by atoms with Crippen molar-refractivity contribution in [2.45, 2.75) is 20.3 Å². The smallest absolute Gasteiger partial charge is 0.271 e. The number of rotatable bonds is 4. The standard InChI is InChI=1S/C23H28N4O3/c1-16-7-5-6-8-18(16)15-21(28)26-11-13-27(14-12-26)22(29)19-9-10-20(24-17(19)2)23(30)25(3)4/h5-10H,11-15H2,1-4H3. The van der Waals surface area contributed by atoms with Crippen LogP contribution in [0.1, 0.15) is 37.7 Å². The number of hydrogen-bond acceptors (Lipinski definition) is 4. The predicted octanol–water partition coefficient (Wildman–Crippen LogP) is 1.93. The summed E-state index contributed by atoms with van der Waals surface area (Å²) in [5, 5.41) is 0. The maximum absolute atomic E-state index is 12.9. The van der Waals surface area contributed by atoms with Crippen molar-refractivity contribution in [3.05, 3.63) is 64.5 Å². The van der Waals surface area contributed by atoms with E-state index in [2.05, 4.69) is 4.98 Å². The fraction of sp³-hybridized carbons (Fsp3) is 0.391. The molecule has 1 aromatic carbocycles. The summed E-state index contributed by atoms with van der Waals surface area (Å²) in [7, 11) is 3.33. The normalized spacial score (nSPS) is 13.9. The minimum Gasteiger partial charge on any atom is -0.343 e. The molecular weight excluding hydrogens is 380 g/mol. The second-order valence-corrected chi connectivity index (χ2v) is 7.81. The molecule has 2 heterocycles. The van der Waals surface area contributed by atoms with Crippen LogP contribution >= 0.6 is 0 Å². The van der Waals surface area contributed by atoms with Gasteiger partial charge in [-0.1, -0.05) is 24.3 Å². The first kappa shape index (κ1) is 21.5. The number of piperazine rings is 1. The number of benzene rings is 1. The van der Waals surface area contributed by atoms with Crippen molar-refractivity contribution < 1.29 is 14.4 Å². The largest absolute Gasteiger partial charge is 0.343 e. The third kappa shape index (κ3) is 4.67. The number of carbonyl (C=O) groups is 3. The summed E-state index contributed by atoms with van der Waals surface area (Å²) in [6.07, 6.45) is 0.380. The molecule has 1 aromatic heterocycles. The molecule has 0 radical (unpaired) electrons. The summed E-state index contributed by atoms with van der Waals surface area (Å²) in [5.41, 5.74) is 3.49. The number of hydrogen-bond donors (Lipinski definition) is 0. The van der Waals surface area contributed by atoms with Crippen LogP contribution in [0.25, 0.3) is 0 Å². The van der Waals surface area contributed by atoms with Gasteiger partial charge >= 0.3 is 0 Å². The van der Waals surface area contributed by atoms with E-state index in [0.29, 0.717) is 49.6 Å². The zero-order chi connectivity index (χ0) is 21.8. The lowest BCUT2D eigenvalue weighted by Crippen LogP contribution is -2.51. The summed E-state index contributed by atoms with van der Waals surface area (Å²) in [6.45, 7) is 5.74. The Hall–Kier alpha value is -3.22. The number of carbonyl (C=O) groups excluding carboxylic acids is 3. The molecule has 30 heavy (non-hydrogen) atoms. The maximum atomic E-state index is 12.9. The first-order valence-electron chi connectivity index (χ1n) is 10.1. The quantitative estimate of drug-likeness (QED) is 0.775. The lowest BCUT2D eigenvalue weighted by Gasteiger charge is -2.35. The van der Waals surface area contributed by atoms with Crippen LogP contribution in [-0.2, 0) is 11.2 Å². The van der Waals surface area contributed by atoms with Crippen molar-refractivity contribution in [1.29, 1.82) is 0 Å². The number of amides is 3. The Kier molecular flexibility index (Phi) is 6.50. The van der Waals surface area contributed by atoms with Gasteiger partial charge in [0.1, 0.15) is 5.69 Å². The molecule has 0 spiro atoms. The molecule has 158 valence electrons. The van der Waals surface area contributed by atoms with Crippen LogP contribution in [0.3, 0.4) is 0 Å². The van der Waals surface area contributed by atoms with E-state index in [1.165, 1.54) is 4.90 Å². The van der Waals surface area contributed by atoms with Gasteiger partial charge in [0.2, 0.25) is 5.91 Å². The van der Waals surface area contributed by atoms with Crippen LogP contribution in [0.5, 0.6) is 0 Å². The van der Waals surface area contributed by atoms with Gasteiger partial charge in [0.05, 0.1) is 17.7 Å². The average Bonchev–Trinajstić information content (AvgIpc) is 2.74. The van der Waals surface area contributed by atoms with E-state index < -0.39 is 0 Å². The minimum atomic E-state index is -0.196. The van der Waals surface area contributed by atoms with Crippen molar-refractivity contribution in [2.24, 2.45) is 0 Å². The highest BCUT2D eigenvalue weighted by atomic mass is 16.2. The highest BCUT2D eigenvalue weighted by molar-refractivity contribution is 5.97. The van der Waals surface area contributed by atoms with Gasteiger partial charge in [-0.2, -0.15) is 0 Å². The van der Waals surface area contributed by atoms with Crippen molar-refractivity contribution in [1.82, 2.24) is 19.7 Å². The van der Waals surface area contributed by atoms with Crippen LogP contribution < -0.4 is 0 Å². The molecule has 7 heteroatoms. The molecule has 1 saturated heterocycles. The van der Waals surface area contributed by atoms with Crippen molar-refractivity contribution >= 4 is 17.7 Å². The van der Waals surface area contributed by atoms with E-state index in [1.54, 1.807) is 38.1 Å². The first-order chi connectivity index (χ1) is 14.3. The zero-order valence-electron chi connectivity index (χ0n) is 18.0. The second kappa shape index (κ2) is 9.07. The number of aryl methyl sites for hydroxylation is 2. The van der Waals surface area contributed by atoms with Gasteiger partial charge in [0.25, 0.3) is 11.8 Å². The topological polar surface area (TPSA) is 73.8 Å². The van der Waals surface area contributed by atoms with Crippen molar-refractivity contribution in [3.63, 3.8) is 0 Å². The second-order valence-electron chi connectivity index (χ2n) is 7.81. The predicted molar refractivity (Wildman–Crippen MR) is 114 cm³/mol. The number of aromatic nitrogens is 1. The van der Waals surface area contributed by atoms with E-state index >= 15 is 0 Å². The molecule has 1 aliphatic rings. The van der Waals surface area contributed by atoms with Gasteiger partial charge in [-0.3, -0.25) is 14.4 Å². The van der Waals surface area contributed by atoms with Gasteiger partial charge in [-0.05, 0) is 37.1 Å². The van der Waals surface area contributed by atoms with Crippen LogP contribution in [-0.4, -0.2) is 77.7 Å². The lowest BCUT2D eigenvalue weighted by atomic mass is 10.0. The lowest BCUT2D eigenvalue weighted by molar-refractivity contribution is -0.131. The molecule has 0 aliphatic carbocycles. The molecular formula is C23H28N4O3. The maximum Gasteiger partial charge on any atom is 0.271 e. The highest BCUT2D eigenvalue weighted by Crippen LogP contribution is 2.15. The monoisotopic (exact) mass is 408 g/mol. The van der Waals surface area contributed by atoms with E-state index in [0.717, 1.165) is 11.1 Å². The third-order valence-electron chi connectivity index (χ3n) is 5.46. The zero-order valence-corrected chi connectivity index (χ0v) is 18.0. The molecule has 2 aromatic rings. The van der Waals surface area contributed by atoms with Gasteiger partial charge in [0.15, 0.2) is 0 Å². The Bertz CT molecular complexity index is 963. The Balaban J connectivity index is 1.61. The molecule has 1 aliphatic heterocycles. The Labute approximate surface area is 177 Å². The molecule has 7 nitrogen and oxygen atoms in total. The van der Waals surface area contributed by atoms with E-state index in [4.69, 9.17) is 0 Å². The summed E-state index contributed by atoms with van der Waals surface area (Å²) in [4.78, 5) is 47.0. The van der Waals surface area contributed by atoms with Gasteiger partial charge in [-0.25, -0.2) is 4.98 Å². The van der Waals surface area contributed by atoms with Crippen LogP contribution in [0.4, 0.5) is 0 Å². The Morgan fingerprint density at radius 2 is 1.57 bits per heavy atom. The summed E-state index contributed by atoms with van der Waals surface area (Å²) in [6, 6.07) is 11.1. The average molecular weight is 409 g/mol.